The molecule has 41 heavy (non-hydrogen) atoms. The summed E-state index contributed by atoms with van der Waals surface area (Å²) in [6.45, 7) is 5.29. The Morgan fingerprint density at radius 1 is 1.02 bits per heavy atom. The Bertz CT molecular complexity index is 1400. The summed E-state index contributed by atoms with van der Waals surface area (Å²) in [4.78, 5) is 29.7. The predicted octanol–water partition coefficient (Wildman–Crippen LogP) is 3.45. The number of anilines is 2. The summed E-state index contributed by atoms with van der Waals surface area (Å²) in [5, 5.41) is 11.7. The van der Waals surface area contributed by atoms with Crippen LogP contribution in [0.15, 0.2) is 36.4 Å². The molecule has 1 N–H and O–H groups in total. The second-order valence-corrected chi connectivity index (χ2v) is 11.0. The first kappa shape index (κ1) is 27.3. The summed E-state index contributed by atoms with van der Waals surface area (Å²) >= 11 is 0. The van der Waals surface area contributed by atoms with Gasteiger partial charge < -0.3 is 38.9 Å². The molecule has 3 aliphatic rings. The summed E-state index contributed by atoms with van der Waals surface area (Å²) in [6, 6.07) is 13.2. The monoisotopic (exact) mass is 562 g/mol. The van der Waals surface area contributed by atoms with Crippen LogP contribution in [0.3, 0.4) is 0 Å². The van der Waals surface area contributed by atoms with Gasteiger partial charge in [-0.15, -0.1) is 0 Å². The topological polar surface area (TPSA) is 104 Å². The number of aromatic nitrogens is 2. The molecule has 6 rings (SSSR count). The van der Waals surface area contributed by atoms with Crippen molar-refractivity contribution >= 4 is 28.4 Å². The SMILES string of the molecule is COCOc1cc(N2CCc3c(nc(OCC4CCCN4C)nc3N3CCN(C(=O)O)CC3)C2)c2ccccc2c1. The van der Waals surface area contributed by atoms with Gasteiger partial charge in [0.05, 0.1) is 12.2 Å². The zero-order chi connectivity index (χ0) is 28.3. The number of benzene rings is 2. The van der Waals surface area contributed by atoms with Crippen LogP contribution in [0.2, 0.25) is 0 Å². The van der Waals surface area contributed by atoms with Crippen LogP contribution in [-0.4, -0.2) is 104 Å². The van der Waals surface area contributed by atoms with Crippen LogP contribution in [0.5, 0.6) is 11.8 Å². The van der Waals surface area contributed by atoms with Gasteiger partial charge in [0.1, 0.15) is 18.2 Å². The number of methoxy groups -OCH3 is 1. The van der Waals surface area contributed by atoms with Gasteiger partial charge in [0, 0.05) is 68.6 Å². The van der Waals surface area contributed by atoms with Gasteiger partial charge in [-0.25, -0.2) is 4.79 Å². The minimum atomic E-state index is -0.876. The molecule has 11 heteroatoms. The number of nitrogens with zero attached hydrogens (tertiary/aromatic N) is 6. The molecule has 1 aromatic heterocycles. The van der Waals surface area contributed by atoms with Gasteiger partial charge in [-0.2, -0.15) is 9.97 Å². The van der Waals surface area contributed by atoms with Crippen LogP contribution < -0.4 is 19.3 Å². The highest BCUT2D eigenvalue weighted by molar-refractivity contribution is 5.95. The molecule has 1 amide bonds. The van der Waals surface area contributed by atoms with Crippen molar-refractivity contribution in [2.24, 2.45) is 0 Å². The van der Waals surface area contributed by atoms with Crippen LogP contribution in [0.4, 0.5) is 16.3 Å². The number of carbonyl (C=O) groups is 1. The molecule has 0 bridgehead atoms. The lowest BCUT2D eigenvalue weighted by molar-refractivity contribution is 0.0512. The first-order valence-electron chi connectivity index (χ1n) is 14.4. The fourth-order valence-corrected chi connectivity index (χ4v) is 6.13. The number of likely N-dealkylation sites (tertiary alicyclic amines) is 1. The van der Waals surface area contributed by atoms with E-state index in [2.05, 4.69) is 46.0 Å². The summed E-state index contributed by atoms with van der Waals surface area (Å²) in [6.07, 6.45) is 2.17. The second-order valence-electron chi connectivity index (χ2n) is 11.0. The lowest BCUT2D eigenvalue weighted by Crippen LogP contribution is -2.49. The summed E-state index contributed by atoms with van der Waals surface area (Å²) in [7, 11) is 3.75. The van der Waals surface area contributed by atoms with E-state index in [1.54, 1.807) is 7.11 Å². The molecular formula is C30H38N6O5. The highest BCUT2D eigenvalue weighted by Crippen LogP contribution is 2.37. The number of hydrogen-bond donors (Lipinski definition) is 1. The van der Waals surface area contributed by atoms with E-state index < -0.39 is 6.09 Å². The van der Waals surface area contributed by atoms with Crippen LogP contribution in [0.25, 0.3) is 10.8 Å². The third-order valence-electron chi connectivity index (χ3n) is 8.45. The molecular weight excluding hydrogens is 524 g/mol. The van der Waals surface area contributed by atoms with Crippen LogP contribution >= 0.6 is 0 Å². The van der Waals surface area contributed by atoms with E-state index in [4.69, 9.17) is 24.2 Å². The third kappa shape index (κ3) is 5.82. The highest BCUT2D eigenvalue weighted by atomic mass is 16.7. The maximum atomic E-state index is 11.5. The first-order valence-corrected chi connectivity index (χ1v) is 14.4. The Labute approximate surface area is 240 Å². The van der Waals surface area contributed by atoms with Crippen molar-refractivity contribution in [1.82, 2.24) is 19.8 Å². The molecule has 3 aromatic rings. The molecule has 2 fully saturated rings. The molecule has 1 unspecified atom stereocenters. The lowest BCUT2D eigenvalue weighted by Gasteiger charge is -2.37. The molecule has 0 saturated carbocycles. The Hall–Kier alpha value is -3.83. The third-order valence-corrected chi connectivity index (χ3v) is 8.45. The summed E-state index contributed by atoms with van der Waals surface area (Å²) < 4.78 is 17.2. The van der Waals surface area contributed by atoms with E-state index in [0.717, 1.165) is 65.2 Å². The van der Waals surface area contributed by atoms with Crippen LogP contribution in [0, 0.1) is 0 Å². The smallest absolute Gasteiger partial charge is 0.407 e. The number of fused-ring (bicyclic) bond motifs is 2. The number of likely N-dealkylation sites (N-methyl/N-ethyl adjacent to an activating group) is 1. The normalized spacial score (nSPS) is 19.5. The lowest BCUT2D eigenvalue weighted by atomic mass is 10.0. The van der Waals surface area contributed by atoms with E-state index in [0.29, 0.717) is 51.4 Å². The zero-order valence-electron chi connectivity index (χ0n) is 23.8. The highest BCUT2D eigenvalue weighted by Gasteiger charge is 2.30. The van der Waals surface area contributed by atoms with Crippen molar-refractivity contribution in [2.45, 2.75) is 31.8 Å². The Balaban J connectivity index is 1.32. The summed E-state index contributed by atoms with van der Waals surface area (Å²) in [5.74, 6) is 1.63. The van der Waals surface area contributed by atoms with E-state index >= 15 is 0 Å². The maximum absolute atomic E-state index is 11.5. The van der Waals surface area contributed by atoms with Gasteiger partial charge in [0.15, 0.2) is 6.79 Å². The fourth-order valence-electron chi connectivity index (χ4n) is 6.13. The second kappa shape index (κ2) is 12.0. The predicted molar refractivity (Wildman–Crippen MR) is 156 cm³/mol. The molecule has 1 atom stereocenters. The Morgan fingerprint density at radius 2 is 1.85 bits per heavy atom. The average molecular weight is 563 g/mol. The van der Waals surface area contributed by atoms with Crippen LogP contribution in [0.1, 0.15) is 24.1 Å². The Kier molecular flexibility index (Phi) is 7.97. The van der Waals surface area contributed by atoms with E-state index in [1.165, 1.54) is 11.3 Å². The van der Waals surface area contributed by atoms with Crippen molar-refractivity contribution in [3.05, 3.63) is 47.7 Å². The number of hydrogen-bond acceptors (Lipinski definition) is 9. The molecule has 11 nitrogen and oxygen atoms in total. The van der Waals surface area contributed by atoms with Crippen molar-refractivity contribution in [1.29, 1.82) is 0 Å². The standard InChI is InChI=1S/C30H38N6O5/c1-33-10-5-7-22(33)19-40-29-31-26-18-36(27-17-23(41-20-39-2)16-21-6-3-4-8-24(21)27)11-9-25(26)28(32-29)34-12-14-35(15-13-34)30(37)38/h3-4,6,8,16-17,22H,5,7,9-15,18-20H2,1-2H3,(H,37,38). The van der Waals surface area contributed by atoms with E-state index in [1.807, 2.05) is 12.1 Å². The van der Waals surface area contributed by atoms with Crippen molar-refractivity contribution < 1.29 is 24.1 Å². The van der Waals surface area contributed by atoms with Gasteiger partial charge >= 0.3 is 12.1 Å². The molecule has 0 spiro atoms. The quantitative estimate of drug-likeness (QED) is 0.411. The average Bonchev–Trinajstić information content (AvgIpc) is 3.42. The largest absolute Gasteiger partial charge is 0.467 e. The fraction of sp³-hybridized carbons (Fsp3) is 0.500. The molecule has 2 aromatic carbocycles. The molecule has 3 aliphatic heterocycles. The minimum absolute atomic E-state index is 0.184. The van der Waals surface area contributed by atoms with Gasteiger partial charge in [-0.3, -0.25) is 0 Å². The number of rotatable bonds is 8. The zero-order valence-corrected chi connectivity index (χ0v) is 23.8. The molecule has 4 heterocycles. The maximum Gasteiger partial charge on any atom is 0.407 e. The van der Waals surface area contributed by atoms with Crippen molar-refractivity contribution in [3.8, 4) is 11.8 Å². The summed E-state index contributed by atoms with van der Waals surface area (Å²) in [5.41, 5.74) is 3.15. The van der Waals surface area contributed by atoms with Crippen molar-refractivity contribution in [3.63, 3.8) is 0 Å². The molecule has 0 radical (unpaired) electrons. The number of piperazine rings is 1. The van der Waals surface area contributed by atoms with E-state index in [-0.39, 0.29) is 6.79 Å². The Morgan fingerprint density at radius 3 is 2.61 bits per heavy atom. The number of ether oxygens (including phenoxy) is 3. The van der Waals surface area contributed by atoms with Gasteiger partial charge in [-0.1, -0.05) is 24.3 Å². The van der Waals surface area contributed by atoms with Crippen LogP contribution in [-0.2, 0) is 17.7 Å². The van der Waals surface area contributed by atoms with Crippen molar-refractivity contribution in [2.75, 3.05) is 76.6 Å². The molecule has 0 aliphatic carbocycles. The molecule has 218 valence electrons. The number of carboxylic acid groups (broad SMARTS) is 1. The van der Waals surface area contributed by atoms with Gasteiger partial charge in [0.25, 0.3) is 0 Å². The van der Waals surface area contributed by atoms with Gasteiger partial charge in [0.2, 0.25) is 0 Å². The van der Waals surface area contributed by atoms with E-state index in [9.17, 15) is 9.90 Å². The van der Waals surface area contributed by atoms with Gasteiger partial charge in [-0.05, 0) is 44.3 Å². The minimum Gasteiger partial charge on any atom is -0.467 e. The number of amides is 1. The molecule has 2 saturated heterocycles. The first-order chi connectivity index (χ1) is 20.0.